The number of hydrogen-bond acceptors (Lipinski definition) is 4. The largest absolute Gasteiger partial charge is 0.507 e. The minimum atomic E-state index is 0.231. The van der Waals surface area contributed by atoms with Gasteiger partial charge in [-0.15, -0.1) is 10.2 Å². The van der Waals surface area contributed by atoms with Crippen LogP contribution in [0.1, 0.15) is 30.6 Å². The summed E-state index contributed by atoms with van der Waals surface area (Å²) < 4.78 is 0. The molecule has 2 N–H and O–H groups in total. The van der Waals surface area contributed by atoms with Crippen LogP contribution in [0.25, 0.3) is 22.3 Å². The molecule has 0 radical (unpaired) electrons. The maximum atomic E-state index is 10.1. The molecule has 1 aliphatic heterocycles. The van der Waals surface area contributed by atoms with E-state index in [4.69, 9.17) is 0 Å². The lowest BCUT2D eigenvalue weighted by molar-refractivity contribution is 0.226. The second-order valence-electron chi connectivity index (χ2n) is 6.18. The highest BCUT2D eigenvalue weighted by atomic mass is 16.3. The van der Waals surface area contributed by atoms with Gasteiger partial charge in [0.15, 0.2) is 5.65 Å². The predicted molar refractivity (Wildman–Crippen MR) is 90.4 cm³/mol. The molecule has 0 unspecified atom stereocenters. The van der Waals surface area contributed by atoms with Gasteiger partial charge in [-0.1, -0.05) is 19.1 Å². The number of nitrogens with zero attached hydrogens (tertiary/aromatic N) is 3. The van der Waals surface area contributed by atoms with Gasteiger partial charge in [0.25, 0.3) is 0 Å². The first-order chi connectivity index (χ1) is 11.2. The molecule has 1 aliphatic rings. The molecule has 23 heavy (non-hydrogen) atoms. The fourth-order valence-corrected chi connectivity index (χ4v) is 3.64. The third-order valence-corrected chi connectivity index (χ3v) is 4.82. The van der Waals surface area contributed by atoms with Crippen molar-refractivity contribution in [2.24, 2.45) is 0 Å². The van der Waals surface area contributed by atoms with E-state index >= 15 is 0 Å². The molecule has 0 saturated heterocycles. The van der Waals surface area contributed by atoms with E-state index in [0.29, 0.717) is 17.3 Å². The van der Waals surface area contributed by atoms with E-state index in [1.165, 1.54) is 11.3 Å². The Balaban J connectivity index is 1.92. The van der Waals surface area contributed by atoms with Gasteiger partial charge in [0, 0.05) is 35.7 Å². The van der Waals surface area contributed by atoms with Crippen molar-refractivity contribution >= 4 is 11.0 Å². The summed E-state index contributed by atoms with van der Waals surface area (Å²) in [7, 11) is 2.18. The van der Waals surface area contributed by atoms with Gasteiger partial charge in [0.2, 0.25) is 0 Å². The van der Waals surface area contributed by atoms with Crippen LogP contribution in [0, 0.1) is 0 Å². The van der Waals surface area contributed by atoms with E-state index in [2.05, 4.69) is 40.1 Å². The third kappa shape index (κ3) is 2.19. The first kappa shape index (κ1) is 14.2. The molecule has 118 valence electrons. The van der Waals surface area contributed by atoms with Crippen LogP contribution in [-0.4, -0.2) is 38.8 Å². The Morgan fingerprint density at radius 3 is 2.91 bits per heavy atom. The van der Waals surface area contributed by atoms with Crippen LogP contribution in [0.3, 0.4) is 0 Å². The molecule has 0 amide bonds. The van der Waals surface area contributed by atoms with Crippen molar-refractivity contribution in [3.8, 4) is 17.0 Å². The van der Waals surface area contributed by atoms with Crippen LogP contribution in [-0.2, 0) is 6.42 Å². The van der Waals surface area contributed by atoms with E-state index < -0.39 is 0 Å². The Morgan fingerprint density at radius 1 is 1.30 bits per heavy atom. The van der Waals surface area contributed by atoms with Crippen LogP contribution in [0.5, 0.6) is 5.75 Å². The summed E-state index contributed by atoms with van der Waals surface area (Å²) in [5.74, 6) is 0.231. The Kier molecular flexibility index (Phi) is 3.31. The van der Waals surface area contributed by atoms with Crippen molar-refractivity contribution < 1.29 is 5.11 Å². The highest BCUT2D eigenvalue weighted by molar-refractivity contribution is 5.86. The number of aromatic nitrogens is 3. The summed E-state index contributed by atoms with van der Waals surface area (Å²) in [6, 6.07) is 9.70. The predicted octanol–water partition coefficient (Wildman–Crippen LogP) is 3.27. The Morgan fingerprint density at radius 2 is 2.13 bits per heavy atom. The number of hydrogen-bond donors (Lipinski definition) is 2. The zero-order valence-corrected chi connectivity index (χ0v) is 13.4. The molecule has 3 heterocycles. The highest BCUT2D eigenvalue weighted by Crippen LogP contribution is 2.37. The highest BCUT2D eigenvalue weighted by Gasteiger charge is 2.28. The lowest BCUT2D eigenvalue weighted by Gasteiger charge is -2.32. The fraction of sp³-hybridized carbons (Fsp3) is 0.333. The minimum absolute atomic E-state index is 0.231. The SMILES string of the molecule is CC[C@H]1c2c([nH]c3nnc(-c4ccccc4O)cc23)CCN1C. The maximum Gasteiger partial charge on any atom is 0.160 e. The van der Waals surface area contributed by atoms with Gasteiger partial charge in [-0.05, 0) is 37.2 Å². The molecule has 3 aromatic rings. The molecular weight excluding hydrogens is 288 g/mol. The first-order valence-corrected chi connectivity index (χ1v) is 8.05. The number of phenolic OH excluding ortho intramolecular Hbond substituents is 1. The number of phenols is 1. The summed E-state index contributed by atoms with van der Waals surface area (Å²) in [6.07, 6.45) is 2.06. The van der Waals surface area contributed by atoms with Gasteiger partial charge in [0.05, 0.1) is 5.69 Å². The Labute approximate surface area is 135 Å². The van der Waals surface area contributed by atoms with Gasteiger partial charge >= 0.3 is 0 Å². The molecule has 1 aromatic carbocycles. The first-order valence-electron chi connectivity index (χ1n) is 8.05. The summed E-state index contributed by atoms with van der Waals surface area (Å²) >= 11 is 0. The van der Waals surface area contributed by atoms with Gasteiger partial charge in [-0.25, -0.2) is 0 Å². The quantitative estimate of drug-likeness (QED) is 0.762. The number of rotatable bonds is 2. The second-order valence-corrected chi connectivity index (χ2v) is 6.18. The molecule has 0 saturated carbocycles. The molecule has 0 aliphatic carbocycles. The molecule has 4 rings (SSSR count). The number of benzene rings is 1. The number of H-pyrrole nitrogens is 1. The molecule has 0 bridgehead atoms. The standard InChI is InChI=1S/C18H20N4O/c1-3-15-17-12-10-14(11-6-4-5-7-16(11)23)20-21-18(12)19-13(17)8-9-22(15)2/h4-7,10,15,23H,3,8-9H2,1-2H3,(H,19,21)/t15-/m0/s1. The molecule has 5 heteroatoms. The number of fused-ring (bicyclic) bond motifs is 3. The average molecular weight is 308 g/mol. The smallest absolute Gasteiger partial charge is 0.160 e. The zero-order valence-electron chi connectivity index (χ0n) is 13.4. The van der Waals surface area contributed by atoms with Crippen molar-refractivity contribution in [3.05, 3.63) is 41.6 Å². The van der Waals surface area contributed by atoms with E-state index in [0.717, 1.165) is 30.4 Å². The van der Waals surface area contributed by atoms with E-state index in [1.807, 2.05) is 18.2 Å². The normalized spacial score (nSPS) is 18.3. The molecule has 0 fully saturated rings. The number of para-hydroxylation sites is 1. The van der Waals surface area contributed by atoms with Gasteiger partial charge in [-0.2, -0.15) is 0 Å². The summed E-state index contributed by atoms with van der Waals surface area (Å²) in [5.41, 5.74) is 4.87. The van der Waals surface area contributed by atoms with Crippen LogP contribution in [0.2, 0.25) is 0 Å². The summed E-state index contributed by atoms with van der Waals surface area (Å²) in [5, 5.41) is 19.9. The number of aromatic hydroxyl groups is 1. The monoisotopic (exact) mass is 308 g/mol. The number of likely N-dealkylation sites (N-methyl/N-ethyl adjacent to an activating group) is 1. The molecule has 2 aromatic heterocycles. The Hall–Kier alpha value is -2.40. The van der Waals surface area contributed by atoms with Crippen molar-refractivity contribution in [1.29, 1.82) is 0 Å². The molecule has 1 atom stereocenters. The number of nitrogens with one attached hydrogen (secondary N) is 1. The van der Waals surface area contributed by atoms with Gasteiger partial charge in [-0.3, -0.25) is 4.90 Å². The lowest BCUT2D eigenvalue weighted by atomic mass is 9.94. The van der Waals surface area contributed by atoms with Crippen molar-refractivity contribution in [3.63, 3.8) is 0 Å². The van der Waals surface area contributed by atoms with Crippen molar-refractivity contribution in [2.45, 2.75) is 25.8 Å². The molecule has 0 spiro atoms. The van der Waals surface area contributed by atoms with E-state index in [9.17, 15) is 5.11 Å². The van der Waals surface area contributed by atoms with Crippen molar-refractivity contribution in [1.82, 2.24) is 20.1 Å². The fourth-order valence-electron chi connectivity index (χ4n) is 3.64. The average Bonchev–Trinajstić information content (AvgIpc) is 2.93. The maximum absolute atomic E-state index is 10.1. The lowest BCUT2D eigenvalue weighted by Crippen LogP contribution is -2.31. The molecule has 5 nitrogen and oxygen atoms in total. The molecular formula is C18H20N4O. The van der Waals surface area contributed by atoms with Crippen LogP contribution in [0.4, 0.5) is 0 Å². The van der Waals surface area contributed by atoms with E-state index in [-0.39, 0.29) is 5.75 Å². The summed E-state index contributed by atoms with van der Waals surface area (Å²) in [6.45, 7) is 3.27. The minimum Gasteiger partial charge on any atom is -0.507 e. The second kappa shape index (κ2) is 5.35. The van der Waals surface area contributed by atoms with Crippen LogP contribution in [0.15, 0.2) is 30.3 Å². The van der Waals surface area contributed by atoms with Gasteiger partial charge in [0.1, 0.15) is 5.75 Å². The van der Waals surface area contributed by atoms with Gasteiger partial charge < -0.3 is 10.1 Å². The van der Waals surface area contributed by atoms with Crippen LogP contribution < -0.4 is 0 Å². The zero-order chi connectivity index (χ0) is 16.0. The summed E-state index contributed by atoms with van der Waals surface area (Å²) in [4.78, 5) is 5.83. The number of aromatic amines is 1. The van der Waals surface area contributed by atoms with E-state index in [1.54, 1.807) is 6.07 Å². The Bertz CT molecular complexity index is 871. The van der Waals surface area contributed by atoms with Crippen LogP contribution >= 0.6 is 0 Å². The van der Waals surface area contributed by atoms with Crippen molar-refractivity contribution in [2.75, 3.05) is 13.6 Å². The topological polar surface area (TPSA) is 65.0 Å². The third-order valence-electron chi connectivity index (χ3n) is 4.82.